The molecule has 0 aliphatic carbocycles. The van der Waals surface area contributed by atoms with Crippen molar-refractivity contribution in [3.63, 3.8) is 0 Å². The van der Waals surface area contributed by atoms with Crippen LogP contribution in [-0.4, -0.2) is 24.9 Å². The molecule has 0 saturated carbocycles. The normalized spacial score (nSPS) is 10.8. The predicted molar refractivity (Wildman–Crippen MR) is 90.3 cm³/mol. The van der Waals surface area contributed by atoms with Gasteiger partial charge in [0.15, 0.2) is 0 Å². The number of aliphatic hydroxyl groups excluding tert-OH is 1. The molecule has 0 aromatic heterocycles. The van der Waals surface area contributed by atoms with Gasteiger partial charge in [-0.3, -0.25) is 0 Å². The van der Waals surface area contributed by atoms with Crippen molar-refractivity contribution in [2.75, 3.05) is 19.8 Å². The van der Waals surface area contributed by atoms with E-state index in [0.717, 1.165) is 59.0 Å². The van der Waals surface area contributed by atoms with E-state index in [1.54, 1.807) is 0 Å². The Labute approximate surface area is 138 Å². The molecule has 0 bridgehead atoms. The number of hydrogen-bond acceptors (Lipinski definition) is 3. The van der Waals surface area contributed by atoms with E-state index >= 15 is 0 Å². The molecule has 1 rings (SSSR count). The minimum absolute atomic E-state index is 0.303. The van der Waals surface area contributed by atoms with Crippen molar-refractivity contribution in [2.24, 2.45) is 0 Å². The van der Waals surface area contributed by atoms with Crippen LogP contribution in [0.1, 0.15) is 38.2 Å². The number of hydrogen-bond donors (Lipinski definition) is 2. The van der Waals surface area contributed by atoms with Crippen molar-refractivity contribution in [3.05, 3.63) is 26.6 Å². The molecular weight excluding hydrogens is 386 g/mol. The summed E-state index contributed by atoms with van der Waals surface area (Å²) in [5.74, 6) is 0.920. The standard InChI is InChI=1S/C15H23Br2NO2/c1-2-20-15-12(9-13(16)10-14(15)17)11-18-7-5-3-4-6-8-19/h9-10,18-19H,2-8,11H2,1H3. The molecule has 0 aliphatic rings. The van der Waals surface area contributed by atoms with Gasteiger partial charge in [-0.05, 0) is 54.4 Å². The molecule has 5 heteroatoms. The largest absolute Gasteiger partial charge is 0.492 e. The summed E-state index contributed by atoms with van der Waals surface area (Å²) in [6.45, 7) is 4.74. The van der Waals surface area contributed by atoms with Crippen LogP contribution >= 0.6 is 31.9 Å². The van der Waals surface area contributed by atoms with E-state index in [9.17, 15) is 0 Å². The van der Waals surface area contributed by atoms with Crippen LogP contribution in [0.2, 0.25) is 0 Å². The van der Waals surface area contributed by atoms with Crippen LogP contribution in [0.4, 0.5) is 0 Å². The van der Waals surface area contributed by atoms with E-state index in [1.165, 1.54) is 0 Å². The highest BCUT2D eigenvalue weighted by molar-refractivity contribution is 9.11. The maximum Gasteiger partial charge on any atom is 0.138 e. The molecule has 0 unspecified atom stereocenters. The van der Waals surface area contributed by atoms with E-state index in [2.05, 4.69) is 43.2 Å². The first-order valence-corrected chi connectivity index (χ1v) is 8.70. The number of ether oxygens (including phenoxy) is 1. The molecule has 0 saturated heterocycles. The third-order valence-corrected chi connectivity index (χ3v) is 4.00. The molecule has 0 heterocycles. The number of benzene rings is 1. The summed E-state index contributed by atoms with van der Waals surface area (Å²) in [5, 5.41) is 12.2. The van der Waals surface area contributed by atoms with Gasteiger partial charge in [-0.1, -0.05) is 28.8 Å². The van der Waals surface area contributed by atoms with Crippen LogP contribution in [-0.2, 0) is 6.54 Å². The van der Waals surface area contributed by atoms with Crippen molar-refractivity contribution >= 4 is 31.9 Å². The Morgan fingerprint density at radius 3 is 2.60 bits per heavy atom. The van der Waals surface area contributed by atoms with Crippen LogP contribution in [0.25, 0.3) is 0 Å². The highest BCUT2D eigenvalue weighted by Crippen LogP contribution is 2.32. The number of nitrogens with one attached hydrogen (secondary N) is 1. The monoisotopic (exact) mass is 407 g/mol. The highest BCUT2D eigenvalue weighted by Gasteiger charge is 2.09. The number of aliphatic hydroxyl groups is 1. The third kappa shape index (κ3) is 6.57. The summed E-state index contributed by atoms with van der Waals surface area (Å²) in [4.78, 5) is 0. The van der Waals surface area contributed by atoms with Crippen LogP contribution in [0.5, 0.6) is 5.75 Å². The predicted octanol–water partition coefficient (Wildman–Crippen LogP) is 4.25. The molecule has 1 aromatic carbocycles. The molecule has 0 radical (unpaired) electrons. The van der Waals surface area contributed by atoms with Crippen molar-refractivity contribution in [1.29, 1.82) is 0 Å². The summed E-state index contributed by atoms with van der Waals surface area (Å²) >= 11 is 7.06. The van der Waals surface area contributed by atoms with Gasteiger partial charge in [0.05, 0.1) is 11.1 Å². The van der Waals surface area contributed by atoms with Crippen LogP contribution in [0.15, 0.2) is 21.1 Å². The van der Waals surface area contributed by atoms with Gasteiger partial charge >= 0.3 is 0 Å². The number of halogens is 2. The maximum atomic E-state index is 8.71. The van der Waals surface area contributed by atoms with Crippen molar-refractivity contribution < 1.29 is 9.84 Å². The van der Waals surface area contributed by atoms with Crippen LogP contribution in [0.3, 0.4) is 0 Å². The molecule has 0 aliphatic heterocycles. The van der Waals surface area contributed by atoms with Gasteiger partial charge in [-0.2, -0.15) is 0 Å². The molecule has 2 N–H and O–H groups in total. The van der Waals surface area contributed by atoms with Crippen LogP contribution in [0, 0.1) is 0 Å². The van der Waals surface area contributed by atoms with Gasteiger partial charge in [-0.25, -0.2) is 0 Å². The Morgan fingerprint density at radius 2 is 1.90 bits per heavy atom. The minimum atomic E-state index is 0.303. The van der Waals surface area contributed by atoms with Gasteiger partial charge in [0.25, 0.3) is 0 Å². The summed E-state index contributed by atoms with van der Waals surface area (Å²) < 4.78 is 7.73. The molecule has 20 heavy (non-hydrogen) atoms. The first-order valence-electron chi connectivity index (χ1n) is 7.11. The van der Waals surface area contributed by atoms with Gasteiger partial charge in [0, 0.05) is 23.2 Å². The minimum Gasteiger partial charge on any atom is -0.492 e. The SMILES string of the molecule is CCOc1c(Br)cc(Br)cc1CNCCCCCCO. The zero-order chi connectivity index (χ0) is 14.8. The van der Waals surface area contributed by atoms with Crippen molar-refractivity contribution in [1.82, 2.24) is 5.32 Å². The number of unbranched alkanes of at least 4 members (excludes halogenated alkanes) is 3. The molecule has 0 spiro atoms. The lowest BCUT2D eigenvalue weighted by atomic mass is 10.2. The van der Waals surface area contributed by atoms with Gasteiger partial charge in [0.1, 0.15) is 5.75 Å². The van der Waals surface area contributed by atoms with Gasteiger partial charge in [0.2, 0.25) is 0 Å². The molecule has 0 atom stereocenters. The Bertz CT molecular complexity index is 400. The lowest BCUT2D eigenvalue weighted by Gasteiger charge is -2.13. The molecule has 1 aromatic rings. The van der Waals surface area contributed by atoms with Crippen molar-refractivity contribution in [2.45, 2.75) is 39.2 Å². The average Bonchev–Trinajstić information content (AvgIpc) is 2.41. The topological polar surface area (TPSA) is 41.5 Å². The fourth-order valence-corrected chi connectivity index (χ4v) is 3.42. The first-order chi connectivity index (χ1) is 9.69. The first kappa shape index (κ1) is 18.0. The maximum absolute atomic E-state index is 8.71. The highest BCUT2D eigenvalue weighted by atomic mass is 79.9. The third-order valence-electron chi connectivity index (χ3n) is 2.95. The van der Waals surface area contributed by atoms with E-state index in [4.69, 9.17) is 9.84 Å². The second-order valence-corrected chi connectivity index (χ2v) is 6.39. The Kier molecular flexibility index (Phi) is 9.52. The fraction of sp³-hybridized carbons (Fsp3) is 0.600. The zero-order valence-corrected chi connectivity index (χ0v) is 15.1. The molecule has 3 nitrogen and oxygen atoms in total. The lowest BCUT2D eigenvalue weighted by Crippen LogP contribution is -2.15. The van der Waals surface area contributed by atoms with E-state index < -0.39 is 0 Å². The lowest BCUT2D eigenvalue weighted by molar-refractivity contribution is 0.282. The van der Waals surface area contributed by atoms with Gasteiger partial charge in [-0.15, -0.1) is 0 Å². The van der Waals surface area contributed by atoms with E-state index in [0.29, 0.717) is 13.2 Å². The Hall–Kier alpha value is -0.100. The van der Waals surface area contributed by atoms with Gasteiger partial charge < -0.3 is 15.2 Å². The van der Waals surface area contributed by atoms with Crippen molar-refractivity contribution in [3.8, 4) is 5.75 Å². The molecule has 0 amide bonds. The second kappa shape index (κ2) is 10.6. The molecule has 114 valence electrons. The molecular formula is C15H23Br2NO2. The quantitative estimate of drug-likeness (QED) is 0.568. The summed E-state index contributed by atoms with van der Waals surface area (Å²) in [7, 11) is 0. The van der Waals surface area contributed by atoms with E-state index in [1.807, 2.05) is 13.0 Å². The second-order valence-electron chi connectivity index (χ2n) is 4.62. The van der Waals surface area contributed by atoms with E-state index in [-0.39, 0.29) is 0 Å². The zero-order valence-electron chi connectivity index (χ0n) is 11.9. The summed E-state index contributed by atoms with van der Waals surface area (Å²) in [6.07, 6.45) is 4.31. The van der Waals surface area contributed by atoms with Crippen LogP contribution < -0.4 is 10.1 Å². The average molecular weight is 409 g/mol. The number of rotatable bonds is 10. The fourth-order valence-electron chi connectivity index (χ4n) is 1.99. The Morgan fingerprint density at radius 1 is 1.15 bits per heavy atom. The Balaban J connectivity index is 2.42. The summed E-state index contributed by atoms with van der Waals surface area (Å²) in [6, 6.07) is 4.10. The summed E-state index contributed by atoms with van der Waals surface area (Å²) in [5.41, 5.74) is 1.16. The molecule has 0 fully saturated rings. The smallest absolute Gasteiger partial charge is 0.138 e.